The van der Waals surface area contributed by atoms with Crippen molar-refractivity contribution >= 4 is 10.8 Å². The summed E-state index contributed by atoms with van der Waals surface area (Å²) in [5.74, 6) is 0. The molecule has 0 aromatic heterocycles. The van der Waals surface area contributed by atoms with Gasteiger partial charge in [0.25, 0.3) is 0 Å². The van der Waals surface area contributed by atoms with E-state index in [1.54, 1.807) is 0 Å². The Morgan fingerprint density at radius 2 is 1.64 bits per heavy atom. The van der Waals surface area contributed by atoms with Crippen LogP contribution in [0.2, 0.25) is 0 Å². The maximum absolute atomic E-state index is 3.15. The smallest absolute Gasteiger partial charge is 0 e. The minimum Gasteiger partial charge on any atom is -0.147 e. The van der Waals surface area contributed by atoms with Gasteiger partial charge in [-0.05, 0) is 0 Å². The molecule has 0 fully saturated rings. The fourth-order valence-electron chi connectivity index (χ4n) is 1.06. The van der Waals surface area contributed by atoms with Crippen molar-refractivity contribution in [1.82, 2.24) is 0 Å². The van der Waals surface area contributed by atoms with Crippen LogP contribution in [0.25, 0.3) is 10.8 Å². The fourth-order valence-corrected chi connectivity index (χ4v) is 1.06. The molecule has 0 aliphatic rings. The molecule has 2 aromatic carbocycles. The van der Waals surface area contributed by atoms with E-state index in [2.05, 4.69) is 24.3 Å². The summed E-state index contributed by atoms with van der Waals surface area (Å²) in [6, 6.07) is 17.4. The van der Waals surface area contributed by atoms with Crippen molar-refractivity contribution < 1.29 is 32.7 Å². The topological polar surface area (TPSA) is 0 Å². The van der Waals surface area contributed by atoms with Crippen LogP contribution in [0.1, 0.15) is 0 Å². The summed E-state index contributed by atoms with van der Waals surface area (Å²) >= 11 is 0. The summed E-state index contributed by atoms with van der Waals surface area (Å²) in [7, 11) is 0. The van der Waals surface area contributed by atoms with Crippen LogP contribution in [-0.4, -0.2) is 0 Å². The maximum atomic E-state index is 3.15. The van der Waals surface area contributed by atoms with Gasteiger partial charge >= 0.3 is 0 Å². The van der Waals surface area contributed by atoms with Crippen LogP contribution in [0.15, 0.2) is 42.5 Å². The minimum atomic E-state index is 0. The van der Waals surface area contributed by atoms with Crippen LogP contribution in [0, 0.1) is 6.07 Å². The molecule has 0 heterocycles. The molecule has 0 saturated heterocycles. The molecule has 2 aromatic rings. The van der Waals surface area contributed by atoms with E-state index < -0.39 is 0 Å². The summed E-state index contributed by atoms with van der Waals surface area (Å²) in [6.07, 6.45) is 0. The summed E-state index contributed by atoms with van der Waals surface area (Å²) < 4.78 is 0. The van der Waals surface area contributed by atoms with E-state index in [1.165, 1.54) is 10.8 Å². The van der Waals surface area contributed by atoms with E-state index in [9.17, 15) is 0 Å². The molecule has 0 bridgehead atoms. The first-order valence-electron chi connectivity index (χ1n) is 3.32. The standard InChI is InChI=1S/C10H7.Y/c1-2-6-10-8-4-3-7-9(10)5-1;/h1-7H;/q-1;. The molecule has 0 saturated carbocycles. The van der Waals surface area contributed by atoms with Gasteiger partial charge in [-0.3, -0.25) is 0 Å². The third-order valence-electron chi connectivity index (χ3n) is 1.57. The number of fused-ring (bicyclic) bond motifs is 1. The van der Waals surface area contributed by atoms with Gasteiger partial charge in [-0.25, -0.2) is 0 Å². The van der Waals surface area contributed by atoms with Crippen LogP contribution < -0.4 is 0 Å². The second-order valence-electron chi connectivity index (χ2n) is 2.26. The van der Waals surface area contributed by atoms with Crippen molar-refractivity contribution in [1.29, 1.82) is 0 Å². The van der Waals surface area contributed by atoms with Gasteiger partial charge in [-0.15, -0.1) is 47.2 Å². The van der Waals surface area contributed by atoms with Gasteiger partial charge in [0.15, 0.2) is 0 Å². The Bertz CT molecular complexity index is 276. The molecule has 0 nitrogen and oxygen atoms in total. The van der Waals surface area contributed by atoms with E-state index in [1.807, 2.05) is 24.3 Å². The van der Waals surface area contributed by atoms with Gasteiger partial charge in [-0.2, -0.15) is 0 Å². The van der Waals surface area contributed by atoms with Crippen LogP contribution >= 0.6 is 0 Å². The molecule has 0 unspecified atom stereocenters. The van der Waals surface area contributed by atoms with Crippen molar-refractivity contribution in [2.24, 2.45) is 0 Å². The molecule has 0 N–H and O–H groups in total. The van der Waals surface area contributed by atoms with E-state index in [0.717, 1.165) is 0 Å². The van der Waals surface area contributed by atoms with Crippen LogP contribution in [0.5, 0.6) is 0 Å². The van der Waals surface area contributed by atoms with Crippen LogP contribution in [-0.2, 0) is 32.7 Å². The van der Waals surface area contributed by atoms with Gasteiger partial charge in [0.2, 0.25) is 0 Å². The maximum Gasteiger partial charge on any atom is 0 e. The van der Waals surface area contributed by atoms with Gasteiger partial charge in [-0.1, -0.05) is 12.1 Å². The first kappa shape index (κ1) is 8.90. The van der Waals surface area contributed by atoms with Crippen molar-refractivity contribution in [3.05, 3.63) is 48.5 Å². The Hall–Kier alpha value is -0.196. The normalized spacial score (nSPS) is 9.09. The Labute approximate surface area is 91.5 Å². The first-order valence-corrected chi connectivity index (χ1v) is 3.32. The third kappa shape index (κ3) is 1.88. The summed E-state index contributed by atoms with van der Waals surface area (Å²) in [5.41, 5.74) is 0. The third-order valence-corrected chi connectivity index (χ3v) is 1.57. The van der Waals surface area contributed by atoms with E-state index in [4.69, 9.17) is 0 Å². The van der Waals surface area contributed by atoms with Crippen molar-refractivity contribution in [2.75, 3.05) is 0 Å². The van der Waals surface area contributed by atoms with Crippen molar-refractivity contribution in [2.45, 2.75) is 0 Å². The Morgan fingerprint density at radius 3 is 2.45 bits per heavy atom. The Balaban J connectivity index is 0.000000605. The van der Waals surface area contributed by atoms with Gasteiger partial charge in [0, 0.05) is 32.7 Å². The van der Waals surface area contributed by atoms with Gasteiger partial charge in [0.1, 0.15) is 0 Å². The molecule has 0 spiro atoms. The molecule has 0 aliphatic carbocycles. The quantitative estimate of drug-likeness (QED) is 0.594. The SMILES string of the molecule is [Y].[c-]1cccc2ccccc12. The van der Waals surface area contributed by atoms with Crippen molar-refractivity contribution in [3.8, 4) is 0 Å². The van der Waals surface area contributed by atoms with Crippen LogP contribution in [0.4, 0.5) is 0 Å². The summed E-state index contributed by atoms with van der Waals surface area (Å²) in [6.45, 7) is 0. The molecule has 51 valence electrons. The number of hydrogen-bond donors (Lipinski definition) is 0. The largest absolute Gasteiger partial charge is 0.147 e. The zero-order valence-electron chi connectivity index (χ0n) is 6.12. The number of rotatable bonds is 0. The molecular weight excluding hydrogens is 209 g/mol. The predicted molar refractivity (Wildman–Crippen MR) is 42.8 cm³/mol. The molecule has 0 atom stereocenters. The zero-order valence-corrected chi connectivity index (χ0v) is 8.96. The molecule has 0 aliphatic heterocycles. The summed E-state index contributed by atoms with van der Waals surface area (Å²) in [4.78, 5) is 0. The summed E-state index contributed by atoms with van der Waals surface area (Å²) in [5, 5.41) is 2.44. The minimum absolute atomic E-state index is 0. The number of benzene rings is 2. The Morgan fingerprint density at radius 1 is 0.909 bits per heavy atom. The molecule has 1 heteroatoms. The van der Waals surface area contributed by atoms with Gasteiger partial charge in [0.05, 0.1) is 0 Å². The fraction of sp³-hybridized carbons (Fsp3) is 0. The first-order chi connectivity index (χ1) is 4.97. The Kier molecular flexibility index (Phi) is 3.23. The molecule has 1 radical (unpaired) electrons. The second kappa shape index (κ2) is 3.99. The van der Waals surface area contributed by atoms with E-state index in [0.29, 0.717) is 0 Å². The van der Waals surface area contributed by atoms with Crippen LogP contribution in [0.3, 0.4) is 0 Å². The molecule has 11 heavy (non-hydrogen) atoms. The number of hydrogen-bond acceptors (Lipinski definition) is 0. The predicted octanol–water partition coefficient (Wildman–Crippen LogP) is 2.64. The van der Waals surface area contributed by atoms with Crippen molar-refractivity contribution in [3.63, 3.8) is 0 Å². The monoisotopic (exact) mass is 216 g/mol. The average Bonchev–Trinajstić information content (AvgIpc) is 2.05. The zero-order chi connectivity index (χ0) is 6.81. The molecule has 2 rings (SSSR count). The second-order valence-corrected chi connectivity index (χ2v) is 2.26. The molecule has 0 amide bonds. The average molecular weight is 216 g/mol. The van der Waals surface area contributed by atoms with Gasteiger partial charge < -0.3 is 0 Å². The molecular formula is C10H7Y-. The van der Waals surface area contributed by atoms with E-state index in [-0.39, 0.29) is 32.7 Å². The van der Waals surface area contributed by atoms with E-state index >= 15 is 0 Å².